The molecular weight excluding hydrogens is 306 g/mol. The predicted molar refractivity (Wildman–Crippen MR) is 79.9 cm³/mol. The van der Waals surface area contributed by atoms with Crippen LogP contribution in [0.3, 0.4) is 0 Å². The van der Waals surface area contributed by atoms with Crippen molar-refractivity contribution in [3.63, 3.8) is 0 Å². The topological polar surface area (TPSA) is 71.5 Å². The number of pyridine rings is 1. The molecule has 0 atom stereocenters. The molecule has 23 heavy (non-hydrogen) atoms. The number of ether oxygens (including phenoxy) is 1. The third-order valence-electron chi connectivity index (χ3n) is 2.99. The van der Waals surface area contributed by atoms with Crippen LogP contribution in [-0.4, -0.2) is 35.6 Å². The Balaban J connectivity index is 1.91. The molecule has 0 radical (unpaired) electrons. The Morgan fingerprint density at radius 3 is 2.70 bits per heavy atom. The number of amides is 1. The first-order valence-corrected chi connectivity index (χ1v) is 6.98. The largest absolute Gasteiger partial charge is 0.508 e. The standard InChI is InChI=1S/C16H16F2N2O3/c17-14(18)10-23-13-2-1-8-19-15(13)16(22)20-9-7-11-3-5-12(21)6-4-11/h1-6,8,14,21H,7,9-10H2,(H,20,22). The van der Waals surface area contributed by atoms with Crippen LogP contribution >= 0.6 is 0 Å². The Morgan fingerprint density at radius 1 is 1.26 bits per heavy atom. The molecule has 0 bridgehead atoms. The molecule has 0 aliphatic rings. The summed E-state index contributed by atoms with van der Waals surface area (Å²) in [4.78, 5) is 16.0. The zero-order valence-corrected chi connectivity index (χ0v) is 12.2. The minimum absolute atomic E-state index is 0.0231. The monoisotopic (exact) mass is 322 g/mol. The van der Waals surface area contributed by atoms with Gasteiger partial charge >= 0.3 is 0 Å². The van der Waals surface area contributed by atoms with E-state index in [9.17, 15) is 18.7 Å². The summed E-state index contributed by atoms with van der Waals surface area (Å²) in [5.74, 6) is -0.296. The van der Waals surface area contributed by atoms with Crippen LogP contribution < -0.4 is 10.1 Å². The Hall–Kier alpha value is -2.70. The molecule has 0 aliphatic carbocycles. The summed E-state index contributed by atoms with van der Waals surface area (Å²) in [6, 6.07) is 9.55. The van der Waals surface area contributed by atoms with Gasteiger partial charge in [-0.15, -0.1) is 0 Å². The van der Waals surface area contributed by atoms with Crippen molar-refractivity contribution < 1.29 is 23.4 Å². The highest BCUT2D eigenvalue weighted by atomic mass is 19.3. The van der Waals surface area contributed by atoms with E-state index in [-0.39, 0.29) is 17.2 Å². The smallest absolute Gasteiger partial charge is 0.273 e. The highest BCUT2D eigenvalue weighted by Crippen LogP contribution is 2.16. The molecule has 1 amide bonds. The van der Waals surface area contributed by atoms with E-state index in [1.54, 1.807) is 24.3 Å². The van der Waals surface area contributed by atoms with Gasteiger partial charge in [0, 0.05) is 12.7 Å². The van der Waals surface area contributed by atoms with Gasteiger partial charge in [0.15, 0.2) is 11.4 Å². The molecule has 0 aliphatic heterocycles. The molecule has 2 aromatic rings. The summed E-state index contributed by atoms with van der Waals surface area (Å²) in [5.41, 5.74) is 0.914. The van der Waals surface area contributed by atoms with E-state index in [4.69, 9.17) is 4.74 Å². The highest BCUT2D eigenvalue weighted by molar-refractivity contribution is 5.94. The first kappa shape index (κ1) is 16.7. The zero-order valence-electron chi connectivity index (χ0n) is 12.2. The average molecular weight is 322 g/mol. The second-order valence-electron chi connectivity index (χ2n) is 4.72. The van der Waals surface area contributed by atoms with Gasteiger partial charge in [-0.2, -0.15) is 0 Å². The number of hydrogen-bond acceptors (Lipinski definition) is 4. The minimum atomic E-state index is -2.62. The molecule has 2 N–H and O–H groups in total. The van der Waals surface area contributed by atoms with E-state index in [0.717, 1.165) is 5.56 Å². The molecule has 1 aromatic heterocycles. The second kappa shape index (κ2) is 8.07. The number of rotatable bonds is 7. The van der Waals surface area contributed by atoms with E-state index in [0.29, 0.717) is 13.0 Å². The number of aromatic hydroxyl groups is 1. The number of halogens is 2. The number of carbonyl (C=O) groups is 1. The maximum atomic E-state index is 12.2. The minimum Gasteiger partial charge on any atom is -0.508 e. The highest BCUT2D eigenvalue weighted by Gasteiger charge is 2.15. The fourth-order valence-corrected chi connectivity index (χ4v) is 1.90. The van der Waals surface area contributed by atoms with Crippen LogP contribution in [-0.2, 0) is 6.42 Å². The molecule has 0 saturated carbocycles. The average Bonchev–Trinajstić information content (AvgIpc) is 2.55. The van der Waals surface area contributed by atoms with Gasteiger partial charge in [0.05, 0.1) is 0 Å². The molecule has 122 valence electrons. The summed E-state index contributed by atoms with van der Waals surface area (Å²) >= 11 is 0. The first-order valence-electron chi connectivity index (χ1n) is 6.98. The SMILES string of the molecule is O=C(NCCc1ccc(O)cc1)c1ncccc1OCC(F)F. The van der Waals surface area contributed by atoms with Crippen LogP contribution in [0.1, 0.15) is 16.1 Å². The van der Waals surface area contributed by atoms with Crippen LogP contribution in [0.25, 0.3) is 0 Å². The van der Waals surface area contributed by atoms with E-state index in [2.05, 4.69) is 10.3 Å². The lowest BCUT2D eigenvalue weighted by Crippen LogP contribution is -2.27. The quantitative estimate of drug-likeness (QED) is 0.821. The zero-order chi connectivity index (χ0) is 16.7. The van der Waals surface area contributed by atoms with Gasteiger partial charge in [0.2, 0.25) is 0 Å². The number of nitrogens with one attached hydrogen (secondary N) is 1. The lowest BCUT2D eigenvalue weighted by molar-refractivity contribution is 0.0791. The molecular formula is C16H16F2N2O3. The van der Waals surface area contributed by atoms with Crippen LogP contribution in [0, 0.1) is 0 Å². The molecule has 0 unspecified atom stereocenters. The molecule has 1 heterocycles. The number of alkyl halides is 2. The Morgan fingerprint density at radius 2 is 2.00 bits per heavy atom. The fourth-order valence-electron chi connectivity index (χ4n) is 1.90. The van der Waals surface area contributed by atoms with Crippen molar-refractivity contribution in [1.29, 1.82) is 0 Å². The van der Waals surface area contributed by atoms with E-state index < -0.39 is 18.9 Å². The van der Waals surface area contributed by atoms with Gasteiger partial charge in [-0.3, -0.25) is 4.79 Å². The van der Waals surface area contributed by atoms with Crippen LogP contribution in [0.4, 0.5) is 8.78 Å². The second-order valence-corrected chi connectivity index (χ2v) is 4.72. The summed E-state index contributed by atoms with van der Waals surface area (Å²) in [7, 11) is 0. The Labute approximate surface area is 131 Å². The summed E-state index contributed by atoms with van der Waals surface area (Å²) < 4.78 is 29.3. The van der Waals surface area contributed by atoms with Crippen LogP contribution in [0.15, 0.2) is 42.6 Å². The number of nitrogens with zero attached hydrogens (tertiary/aromatic N) is 1. The van der Waals surface area contributed by atoms with Crippen molar-refractivity contribution in [2.45, 2.75) is 12.8 Å². The van der Waals surface area contributed by atoms with Gasteiger partial charge in [-0.25, -0.2) is 13.8 Å². The molecule has 7 heteroatoms. The van der Waals surface area contributed by atoms with Gasteiger partial charge in [-0.05, 0) is 36.2 Å². The maximum absolute atomic E-state index is 12.2. The lowest BCUT2D eigenvalue weighted by Gasteiger charge is -2.10. The maximum Gasteiger partial charge on any atom is 0.273 e. The number of benzene rings is 1. The van der Waals surface area contributed by atoms with E-state index in [1.807, 2.05) is 0 Å². The van der Waals surface area contributed by atoms with Crippen molar-refractivity contribution in [1.82, 2.24) is 10.3 Å². The third-order valence-corrected chi connectivity index (χ3v) is 2.99. The van der Waals surface area contributed by atoms with Crippen LogP contribution in [0.5, 0.6) is 11.5 Å². The number of carbonyl (C=O) groups excluding carboxylic acids is 1. The normalized spacial score (nSPS) is 10.6. The molecule has 1 aromatic carbocycles. The van der Waals surface area contributed by atoms with Gasteiger partial charge in [0.1, 0.15) is 12.4 Å². The van der Waals surface area contributed by atoms with Gasteiger partial charge in [0.25, 0.3) is 12.3 Å². The van der Waals surface area contributed by atoms with Gasteiger partial charge < -0.3 is 15.2 Å². The van der Waals surface area contributed by atoms with E-state index >= 15 is 0 Å². The summed E-state index contributed by atoms with van der Waals surface area (Å²) in [6.45, 7) is -0.450. The van der Waals surface area contributed by atoms with Crippen molar-refractivity contribution in [2.24, 2.45) is 0 Å². The Kier molecular flexibility index (Phi) is 5.85. The summed E-state index contributed by atoms with van der Waals surface area (Å²) in [6.07, 6.45) is -0.670. The van der Waals surface area contributed by atoms with Crippen molar-refractivity contribution >= 4 is 5.91 Å². The molecule has 0 spiro atoms. The van der Waals surface area contributed by atoms with Crippen LogP contribution in [0.2, 0.25) is 0 Å². The van der Waals surface area contributed by atoms with Crippen molar-refractivity contribution in [3.8, 4) is 11.5 Å². The summed E-state index contributed by atoms with van der Waals surface area (Å²) in [5, 5.41) is 11.9. The fraction of sp³-hybridized carbons (Fsp3) is 0.250. The third kappa shape index (κ3) is 5.21. The van der Waals surface area contributed by atoms with Crippen molar-refractivity contribution in [2.75, 3.05) is 13.2 Å². The number of aromatic nitrogens is 1. The van der Waals surface area contributed by atoms with Crippen molar-refractivity contribution in [3.05, 3.63) is 53.9 Å². The number of phenols is 1. The lowest BCUT2D eigenvalue weighted by atomic mass is 10.1. The predicted octanol–water partition coefficient (Wildman–Crippen LogP) is 2.40. The number of phenolic OH excluding ortho intramolecular Hbond substituents is 1. The molecule has 2 rings (SSSR count). The molecule has 0 saturated heterocycles. The Bertz CT molecular complexity index is 648. The first-order chi connectivity index (χ1) is 11.1. The van der Waals surface area contributed by atoms with Gasteiger partial charge in [-0.1, -0.05) is 12.1 Å². The van der Waals surface area contributed by atoms with E-state index in [1.165, 1.54) is 18.3 Å². The number of hydrogen-bond donors (Lipinski definition) is 2. The molecule has 0 fully saturated rings. The molecule has 5 nitrogen and oxygen atoms in total.